The zero-order valence-corrected chi connectivity index (χ0v) is 10.6. The van der Waals surface area contributed by atoms with Crippen molar-refractivity contribution in [2.75, 3.05) is 46.6 Å². The van der Waals surface area contributed by atoms with E-state index in [2.05, 4.69) is 16.0 Å². The lowest BCUT2D eigenvalue weighted by Gasteiger charge is -2.07. The van der Waals surface area contributed by atoms with Gasteiger partial charge in [-0.25, -0.2) is 4.79 Å². The molecule has 0 aromatic carbocycles. The topological polar surface area (TPSA) is 112 Å². The standard InChI is InChI=1S/C10H22N4O4/c1-11-4-5-13-8-12-3-2-6-18-7-9(15)14-10(16)17/h11-13H,2-8H2,1H3,(H,14,15)(H,16,17). The molecule has 18 heavy (non-hydrogen) atoms. The third-order valence-electron chi connectivity index (χ3n) is 1.92. The number of imide groups is 1. The average Bonchev–Trinajstić information content (AvgIpc) is 2.30. The Labute approximate surface area is 106 Å². The summed E-state index contributed by atoms with van der Waals surface area (Å²) in [5.74, 6) is -0.649. The average molecular weight is 262 g/mol. The van der Waals surface area contributed by atoms with Crippen LogP contribution in [0.1, 0.15) is 6.42 Å². The molecule has 0 atom stereocenters. The molecule has 0 saturated carbocycles. The maximum atomic E-state index is 10.8. The molecule has 2 amide bonds. The van der Waals surface area contributed by atoms with Gasteiger partial charge in [0.15, 0.2) is 0 Å². The van der Waals surface area contributed by atoms with Gasteiger partial charge in [0.25, 0.3) is 5.91 Å². The number of likely N-dealkylation sites (N-methyl/N-ethyl adjacent to an activating group) is 1. The van der Waals surface area contributed by atoms with Crippen LogP contribution in [0, 0.1) is 0 Å². The lowest BCUT2D eigenvalue weighted by molar-refractivity contribution is -0.124. The normalized spacial score (nSPS) is 10.3. The highest BCUT2D eigenvalue weighted by molar-refractivity contribution is 5.91. The van der Waals surface area contributed by atoms with Crippen LogP contribution in [0.3, 0.4) is 0 Å². The molecule has 0 spiro atoms. The Hall–Kier alpha value is -1.22. The Morgan fingerprint density at radius 1 is 1.17 bits per heavy atom. The second kappa shape index (κ2) is 12.2. The van der Waals surface area contributed by atoms with Gasteiger partial charge >= 0.3 is 6.09 Å². The van der Waals surface area contributed by atoms with Crippen LogP contribution in [0.4, 0.5) is 4.79 Å². The largest absolute Gasteiger partial charge is 0.465 e. The summed E-state index contributed by atoms with van der Waals surface area (Å²) in [4.78, 5) is 20.9. The van der Waals surface area contributed by atoms with Crippen molar-refractivity contribution in [1.29, 1.82) is 0 Å². The Kier molecular flexibility index (Phi) is 11.4. The molecule has 0 rings (SSSR count). The monoisotopic (exact) mass is 262 g/mol. The number of rotatable bonds is 11. The molecule has 0 radical (unpaired) electrons. The second-order valence-corrected chi connectivity index (χ2v) is 3.54. The molecule has 0 aromatic heterocycles. The maximum Gasteiger partial charge on any atom is 0.411 e. The first kappa shape index (κ1) is 16.8. The van der Waals surface area contributed by atoms with Crippen molar-refractivity contribution in [2.45, 2.75) is 6.42 Å². The van der Waals surface area contributed by atoms with Gasteiger partial charge in [-0.05, 0) is 20.0 Å². The summed E-state index contributed by atoms with van der Waals surface area (Å²) in [5.41, 5.74) is 0. The number of hydrogen-bond donors (Lipinski definition) is 5. The fraction of sp³-hybridized carbons (Fsp3) is 0.800. The van der Waals surface area contributed by atoms with Gasteiger partial charge in [-0.2, -0.15) is 0 Å². The molecule has 0 aromatic rings. The summed E-state index contributed by atoms with van der Waals surface area (Å²) in [6, 6.07) is 0. The molecule has 0 fully saturated rings. The van der Waals surface area contributed by atoms with Crippen LogP contribution < -0.4 is 21.3 Å². The van der Waals surface area contributed by atoms with E-state index in [4.69, 9.17) is 9.84 Å². The zero-order valence-electron chi connectivity index (χ0n) is 10.6. The van der Waals surface area contributed by atoms with Gasteiger partial charge in [0, 0.05) is 26.4 Å². The predicted molar refractivity (Wildman–Crippen MR) is 66.4 cm³/mol. The molecule has 8 nitrogen and oxygen atoms in total. The highest BCUT2D eigenvalue weighted by Crippen LogP contribution is 1.81. The second-order valence-electron chi connectivity index (χ2n) is 3.54. The Bertz CT molecular complexity index is 238. The van der Waals surface area contributed by atoms with Crippen LogP contribution in [0.5, 0.6) is 0 Å². The van der Waals surface area contributed by atoms with Crippen molar-refractivity contribution >= 4 is 12.0 Å². The molecule has 0 aliphatic rings. The molecule has 106 valence electrons. The van der Waals surface area contributed by atoms with Gasteiger partial charge in [0.2, 0.25) is 0 Å². The van der Waals surface area contributed by atoms with Crippen LogP contribution >= 0.6 is 0 Å². The van der Waals surface area contributed by atoms with E-state index in [-0.39, 0.29) is 6.61 Å². The van der Waals surface area contributed by atoms with Crippen molar-refractivity contribution in [3.8, 4) is 0 Å². The van der Waals surface area contributed by atoms with E-state index in [1.54, 1.807) is 5.32 Å². The van der Waals surface area contributed by atoms with E-state index >= 15 is 0 Å². The van der Waals surface area contributed by atoms with E-state index in [9.17, 15) is 9.59 Å². The Morgan fingerprint density at radius 3 is 2.56 bits per heavy atom. The molecular weight excluding hydrogens is 240 g/mol. The molecule has 5 N–H and O–H groups in total. The summed E-state index contributed by atoms with van der Waals surface area (Å²) >= 11 is 0. The number of carboxylic acid groups (broad SMARTS) is 1. The quantitative estimate of drug-likeness (QED) is 0.229. The van der Waals surface area contributed by atoms with Crippen LogP contribution in [0.25, 0.3) is 0 Å². The van der Waals surface area contributed by atoms with Crippen LogP contribution in [-0.2, 0) is 9.53 Å². The Morgan fingerprint density at radius 2 is 1.89 bits per heavy atom. The van der Waals surface area contributed by atoms with Gasteiger partial charge in [-0.1, -0.05) is 0 Å². The molecule has 0 aliphatic heterocycles. The molecule has 0 saturated heterocycles. The van der Waals surface area contributed by atoms with E-state index in [0.29, 0.717) is 6.61 Å². The minimum absolute atomic E-state index is 0.229. The summed E-state index contributed by atoms with van der Waals surface area (Å²) in [6.07, 6.45) is -0.605. The number of carbonyl (C=O) groups is 2. The molecule has 8 heteroatoms. The lowest BCUT2D eigenvalue weighted by Crippen LogP contribution is -2.34. The number of nitrogens with one attached hydrogen (secondary N) is 4. The molecule has 0 unspecified atom stereocenters. The fourth-order valence-corrected chi connectivity index (χ4v) is 1.10. The lowest BCUT2D eigenvalue weighted by atomic mass is 10.4. The first-order chi connectivity index (χ1) is 8.66. The molecule has 0 aliphatic carbocycles. The fourth-order valence-electron chi connectivity index (χ4n) is 1.10. The minimum Gasteiger partial charge on any atom is -0.465 e. The third-order valence-corrected chi connectivity index (χ3v) is 1.92. The van der Waals surface area contributed by atoms with Crippen molar-refractivity contribution in [2.24, 2.45) is 0 Å². The van der Waals surface area contributed by atoms with E-state index in [0.717, 1.165) is 32.7 Å². The number of ether oxygens (including phenoxy) is 1. The van der Waals surface area contributed by atoms with Crippen molar-refractivity contribution < 1.29 is 19.4 Å². The van der Waals surface area contributed by atoms with E-state index in [1.165, 1.54) is 0 Å². The van der Waals surface area contributed by atoms with Crippen LogP contribution in [-0.4, -0.2) is 63.7 Å². The maximum absolute atomic E-state index is 10.8. The van der Waals surface area contributed by atoms with E-state index < -0.39 is 12.0 Å². The number of hydrogen-bond acceptors (Lipinski definition) is 6. The summed E-state index contributed by atoms with van der Waals surface area (Å²) in [6.45, 7) is 3.50. The highest BCUT2D eigenvalue weighted by Gasteiger charge is 2.04. The number of amides is 2. The molecular formula is C10H22N4O4. The smallest absolute Gasteiger partial charge is 0.411 e. The van der Waals surface area contributed by atoms with Crippen LogP contribution in [0.15, 0.2) is 0 Å². The Balaban J connectivity index is 3.11. The van der Waals surface area contributed by atoms with Crippen molar-refractivity contribution in [3.05, 3.63) is 0 Å². The first-order valence-corrected chi connectivity index (χ1v) is 5.83. The first-order valence-electron chi connectivity index (χ1n) is 5.83. The van der Waals surface area contributed by atoms with Gasteiger partial charge in [0.05, 0.1) is 0 Å². The number of carbonyl (C=O) groups excluding carboxylic acids is 1. The molecule has 0 heterocycles. The SMILES string of the molecule is CNCCNCNCCCOCC(=O)NC(=O)O. The van der Waals surface area contributed by atoms with Gasteiger partial charge in [0.1, 0.15) is 6.61 Å². The predicted octanol–water partition coefficient (Wildman–Crippen LogP) is -1.46. The van der Waals surface area contributed by atoms with E-state index in [1.807, 2.05) is 7.05 Å². The van der Waals surface area contributed by atoms with Crippen LogP contribution in [0.2, 0.25) is 0 Å². The summed E-state index contributed by atoms with van der Waals surface area (Å²) in [7, 11) is 1.90. The minimum atomic E-state index is -1.36. The highest BCUT2D eigenvalue weighted by atomic mass is 16.5. The van der Waals surface area contributed by atoms with Gasteiger partial charge in [-0.3, -0.25) is 10.1 Å². The molecule has 0 bridgehead atoms. The van der Waals surface area contributed by atoms with Crippen molar-refractivity contribution in [1.82, 2.24) is 21.3 Å². The third kappa shape index (κ3) is 12.8. The van der Waals surface area contributed by atoms with Gasteiger partial charge in [-0.15, -0.1) is 0 Å². The van der Waals surface area contributed by atoms with Gasteiger partial charge < -0.3 is 25.8 Å². The summed E-state index contributed by atoms with van der Waals surface area (Å²) in [5, 5.41) is 19.3. The zero-order chi connectivity index (χ0) is 13.6. The summed E-state index contributed by atoms with van der Waals surface area (Å²) < 4.78 is 5.00. The van der Waals surface area contributed by atoms with Crippen molar-refractivity contribution in [3.63, 3.8) is 0 Å².